The smallest absolute Gasteiger partial charge is 0.271 e. The number of nitrogens with zero attached hydrogens (tertiary/aromatic N) is 1. The number of nitrogens with two attached hydrogens (primary N) is 2. The van der Waals surface area contributed by atoms with Gasteiger partial charge in [-0.05, 0) is 18.9 Å². The van der Waals surface area contributed by atoms with Crippen molar-refractivity contribution in [3.05, 3.63) is 18.0 Å². The zero-order valence-electron chi connectivity index (χ0n) is 10.2. The van der Waals surface area contributed by atoms with Crippen LogP contribution in [0.2, 0.25) is 0 Å². The highest BCUT2D eigenvalue weighted by Gasteiger charge is 2.29. The number of nitrogens with one attached hydrogen (secondary N) is 1. The van der Waals surface area contributed by atoms with E-state index in [1.165, 1.54) is 0 Å². The number of carbonyl (C=O) groups excluding carboxylic acids is 2. The number of anilines is 1. The number of carbonyl (C=O) groups is 2. The molecule has 0 atom stereocenters. The predicted molar refractivity (Wildman–Crippen MR) is 67.7 cm³/mol. The van der Waals surface area contributed by atoms with E-state index < -0.39 is 5.91 Å². The van der Waals surface area contributed by atoms with Crippen LogP contribution in [0.25, 0.3) is 0 Å². The van der Waals surface area contributed by atoms with Crippen molar-refractivity contribution in [1.82, 2.24) is 9.88 Å². The summed E-state index contributed by atoms with van der Waals surface area (Å²) in [7, 11) is 0. The first-order chi connectivity index (χ1) is 8.58. The van der Waals surface area contributed by atoms with Crippen LogP contribution in [0, 0.1) is 0 Å². The van der Waals surface area contributed by atoms with Gasteiger partial charge in [0.15, 0.2) is 0 Å². The van der Waals surface area contributed by atoms with E-state index in [0.717, 1.165) is 25.7 Å². The van der Waals surface area contributed by atoms with Crippen molar-refractivity contribution in [2.75, 3.05) is 12.3 Å². The van der Waals surface area contributed by atoms with Gasteiger partial charge in [-0.2, -0.15) is 0 Å². The van der Waals surface area contributed by atoms with Gasteiger partial charge < -0.3 is 21.4 Å². The van der Waals surface area contributed by atoms with Crippen LogP contribution in [0.15, 0.2) is 12.3 Å². The Hall–Kier alpha value is -1.98. The van der Waals surface area contributed by atoms with E-state index >= 15 is 0 Å². The van der Waals surface area contributed by atoms with Crippen LogP contribution in [0.1, 0.15) is 36.2 Å². The van der Waals surface area contributed by atoms with Gasteiger partial charge in [0.1, 0.15) is 5.69 Å². The van der Waals surface area contributed by atoms with Gasteiger partial charge >= 0.3 is 0 Å². The summed E-state index contributed by atoms with van der Waals surface area (Å²) in [5.41, 5.74) is 11.7. The average molecular weight is 250 g/mol. The first-order valence-electron chi connectivity index (χ1n) is 6.11. The molecule has 1 fully saturated rings. The second-order valence-corrected chi connectivity index (χ2v) is 4.68. The molecule has 0 saturated heterocycles. The van der Waals surface area contributed by atoms with E-state index in [9.17, 15) is 9.59 Å². The molecule has 98 valence electrons. The number of aromatic amines is 1. The molecule has 1 heterocycles. The predicted octanol–water partition coefficient (Wildman–Crippen LogP) is 0.467. The lowest BCUT2D eigenvalue weighted by Crippen LogP contribution is -2.44. The Bertz CT molecular complexity index is 449. The third-order valence-corrected chi connectivity index (χ3v) is 3.29. The first-order valence-corrected chi connectivity index (χ1v) is 6.11. The lowest BCUT2D eigenvalue weighted by Gasteiger charge is -2.27. The molecule has 6 nitrogen and oxygen atoms in total. The molecule has 1 aliphatic carbocycles. The maximum Gasteiger partial charge on any atom is 0.271 e. The molecular weight excluding hydrogens is 232 g/mol. The van der Waals surface area contributed by atoms with E-state index in [1.54, 1.807) is 17.2 Å². The molecule has 6 heteroatoms. The summed E-state index contributed by atoms with van der Waals surface area (Å²) in [6.07, 6.45) is 5.58. The Kier molecular flexibility index (Phi) is 3.55. The molecule has 5 N–H and O–H groups in total. The Morgan fingerprint density at radius 1 is 1.39 bits per heavy atom. The van der Waals surface area contributed by atoms with Crippen LogP contribution in [0.5, 0.6) is 0 Å². The molecule has 18 heavy (non-hydrogen) atoms. The fourth-order valence-corrected chi connectivity index (χ4v) is 2.44. The minimum absolute atomic E-state index is 0.0393. The summed E-state index contributed by atoms with van der Waals surface area (Å²) in [5, 5.41) is 0. The normalized spacial score (nSPS) is 15.8. The molecule has 2 amide bonds. The van der Waals surface area contributed by atoms with E-state index in [-0.39, 0.29) is 18.5 Å². The molecule has 1 aromatic rings. The molecule has 1 aromatic heterocycles. The van der Waals surface area contributed by atoms with Crippen molar-refractivity contribution < 1.29 is 9.59 Å². The van der Waals surface area contributed by atoms with E-state index in [2.05, 4.69) is 4.98 Å². The lowest BCUT2D eigenvalue weighted by atomic mass is 10.2. The van der Waals surface area contributed by atoms with Crippen molar-refractivity contribution in [3.8, 4) is 0 Å². The van der Waals surface area contributed by atoms with Crippen molar-refractivity contribution in [1.29, 1.82) is 0 Å². The van der Waals surface area contributed by atoms with Gasteiger partial charge in [0.25, 0.3) is 5.91 Å². The Labute approximate surface area is 105 Å². The largest absolute Gasteiger partial charge is 0.397 e. The van der Waals surface area contributed by atoms with Crippen molar-refractivity contribution in [2.45, 2.75) is 31.7 Å². The summed E-state index contributed by atoms with van der Waals surface area (Å²) < 4.78 is 0. The quantitative estimate of drug-likeness (QED) is 0.723. The third kappa shape index (κ3) is 2.64. The Morgan fingerprint density at radius 2 is 2.06 bits per heavy atom. The summed E-state index contributed by atoms with van der Waals surface area (Å²) in [6.45, 7) is -0.0393. The zero-order chi connectivity index (χ0) is 13.1. The molecule has 2 rings (SSSR count). The minimum atomic E-state index is -0.491. The van der Waals surface area contributed by atoms with Gasteiger partial charge in [-0.15, -0.1) is 0 Å². The van der Waals surface area contributed by atoms with E-state index in [4.69, 9.17) is 11.5 Å². The number of nitrogen functional groups attached to an aromatic ring is 1. The Morgan fingerprint density at radius 3 is 2.56 bits per heavy atom. The number of hydrogen-bond acceptors (Lipinski definition) is 3. The number of hydrogen-bond donors (Lipinski definition) is 3. The maximum absolute atomic E-state index is 12.3. The van der Waals surface area contributed by atoms with E-state index in [1.807, 2.05) is 0 Å². The first kappa shape index (κ1) is 12.5. The molecule has 1 aliphatic rings. The zero-order valence-corrected chi connectivity index (χ0v) is 10.2. The second-order valence-electron chi connectivity index (χ2n) is 4.68. The van der Waals surface area contributed by atoms with E-state index in [0.29, 0.717) is 11.4 Å². The lowest BCUT2D eigenvalue weighted by molar-refractivity contribution is -0.119. The topological polar surface area (TPSA) is 105 Å². The molecular formula is C12H18N4O2. The van der Waals surface area contributed by atoms with Crippen LogP contribution in [0.3, 0.4) is 0 Å². The minimum Gasteiger partial charge on any atom is -0.397 e. The van der Waals surface area contributed by atoms with Crippen LogP contribution < -0.4 is 11.5 Å². The molecule has 1 saturated carbocycles. The number of aromatic nitrogens is 1. The molecule has 0 radical (unpaired) electrons. The van der Waals surface area contributed by atoms with Gasteiger partial charge in [-0.25, -0.2) is 0 Å². The van der Waals surface area contributed by atoms with Crippen molar-refractivity contribution in [3.63, 3.8) is 0 Å². The summed E-state index contributed by atoms with van der Waals surface area (Å²) >= 11 is 0. The van der Waals surface area contributed by atoms with Crippen LogP contribution in [-0.4, -0.2) is 34.3 Å². The summed E-state index contributed by atoms with van der Waals surface area (Å²) in [5.74, 6) is -0.702. The van der Waals surface area contributed by atoms with Crippen LogP contribution in [0.4, 0.5) is 5.69 Å². The third-order valence-electron chi connectivity index (χ3n) is 3.29. The molecule has 0 bridgehead atoms. The highest BCUT2D eigenvalue weighted by Crippen LogP contribution is 2.24. The van der Waals surface area contributed by atoms with Gasteiger partial charge in [0.2, 0.25) is 5.91 Å². The SMILES string of the molecule is NC(=O)CN(C(=O)c1cc(N)c[nH]1)C1CCCC1. The fraction of sp³-hybridized carbons (Fsp3) is 0.500. The maximum atomic E-state index is 12.3. The molecule has 0 aromatic carbocycles. The standard InChI is InChI=1S/C12H18N4O2/c13-8-5-10(15-6-8)12(18)16(7-11(14)17)9-3-1-2-4-9/h5-6,9,15H,1-4,7,13H2,(H2,14,17). The van der Waals surface area contributed by atoms with Gasteiger partial charge in [0.05, 0.1) is 6.54 Å². The number of amides is 2. The average Bonchev–Trinajstić information content (AvgIpc) is 2.95. The van der Waals surface area contributed by atoms with Gasteiger partial charge in [-0.3, -0.25) is 9.59 Å². The number of rotatable bonds is 4. The number of H-pyrrole nitrogens is 1. The van der Waals surface area contributed by atoms with Gasteiger partial charge in [0, 0.05) is 17.9 Å². The molecule has 0 spiro atoms. The highest BCUT2D eigenvalue weighted by molar-refractivity contribution is 5.95. The van der Waals surface area contributed by atoms with Gasteiger partial charge in [-0.1, -0.05) is 12.8 Å². The molecule has 0 aliphatic heterocycles. The fourth-order valence-electron chi connectivity index (χ4n) is 2.44. The summed E-state index contributed by atoms with van der Waals surface area (Å²) in [4.78, 5) is 27.8. The van der Waals surface area contributed by atoms with Crippen molar-refractivity contribution in [2.24, 2.45) is 5.73 Å². The Balaban J connectivity index is 2.17. The number of primary amides is 1. The highest BCUT2D eigenvalue weighted by atomic mass is 16.2. The second kappa shape index (κ2) is 5.12. The molecule has 0 unspecified atom stereocenters. The van der Waals surface area contributed by atoms with Crippen LogP contribution >= 0.6 is 0 Å². The summed E-state index contributed by atoms with van der Waals surface area (Å²) in [6, 6.07) is 1.68. The van der Waals surface area contributed by atoms with Crippen LogP contribution in [-0.2, 0) is 4.79 Å². The monoisotopic (exact) mass is 250 g/mol. The van der Waals surface area contributed by atoms with Crippen molar-refractivity contribution >= 4 is 17.5 Å².